The Labute approximate surface area is 182 Å². The number of carbonyl (C=O) groups excluding carboxylic acids is 1. The van der Waals surface area contributed by atoms with Crippen LogP contribution in [0.1, 0.15) is 42.1 Å². The molecule has 1 aliphatic rings. The number of hydrogen-bond acceptors (Lipinski definition) is 4. The summed E-state index contributed by atoms with van der Waals surface area (Å²) in [5.74, 6) is -0.0404. The van der Waals surface area contributed by atoms with Gasteiger partial charge in [0, 0.05) is 37.9 Å². The van der Waals surface area contributed by atoms with E-state index in [9.17, 15) is 9.18 Å². The maximum absolute atomic E-state index is 14.7. The average molecular weight is 419 g/mol. The molecule has 0 atom stereocenters. The second-order valence-electron chi connectivity index (χ2n) is 7.76. The number of hydrogen-bond donors (Lipinski definition) is 0. The third-order valence-corrected chi connectivity index (χ3v) is 5.66. The van der Waals surface area contributed by atoms with Crippen molar-refractivity contribution < 1.29 is 9.18 Å². The highest BCUT2D eigenvalue weighted by atomic mass is 19.1. The molecule has 1 aliphatic heterocycles. The number of halogens is 1. The van der Waals surface area contributed by atoms with Gasteiger partial charge in [-0.05, 0) is 43.9 Å². The molecular formula is C25H27FN4O. The molecule has 160 valence electrons. The fraction of sp³-hybridized carbons (Fsp3) is 0.320. The Bertz CT molecular complexity index is 1030. The number of aromatic nitrogens is 2. The largest absolute Gasteiger partial charge is 0.341 e. The zero-order valence-electron chi connectivity index (χ0n) is 17.8. The van der Waals surface area contributed by atoms with Gasteiger partial charge in [0.15, 0.2) is 0 Å². The fourth-order valence-corrected chi connectivity index (χ4v) is 3.94. The maximum Gasteiger partial charge on any atom is 0.257 e. The molecule has 0 aliphatic carbocycles. The summed E-state index contributed by atoms with van der Waals surface area (Å²) in [7, 11) is 0. The Morgan fingerprint density at radius 3 is 2.45 bits per heavy atom. The minimum Gasteiger partial charge on any atom is -0.341 e. The average Bonchev–Trinajstić information content (AvgIpc) is 2.83. The number of carbonyl (C=O) groups is 1. The summed E-state index contributed by atoms with van der Waals surface area (Å²) < 4.78 is 14.7. The van der Waals surface area contributed by atoms with Crippen molar-refractivity contribution in [3.05, 3.63) is 77.7 Å². The predicted octanol–water partition coefficient (Wildman–Crippen LogP) is 4.94. The lowest BCUT2D eigenvalue weighted by molar-refractivity contribution is 0.0752. The Morgan fingerprint density at radius 1 is 1.03 bits per heavy atom. The number of anilines is 1. The number of amides is 1. The highest BCUT2D eigenvalue weighted by Gasteiger charge is 2.24. The van der Waals surface area contributed by atoms with Crippen molar-refractivity contribution >= 4 is 11.9 Å². The second-order valence-corrected chi connectivity index (χ2v) is 7.76. The molecule has 4 rings (SSSR count). The van der Waals surface area contributed by atoms with Gasteiger partial charge in [-0.3, -0.25) is 4.79 Å². The van der Waals surface area contributed by atoms with Gasteiger partial charge in [0.1, 0.15) is 5.82 Å². The van der Waals surface area contributed by atoms with Crippen LogP contribution in [0.4, 0.5) is 10.3 Å². The third-order valence-electron chi connectivity index (χ3n) is 5.66. The third kappa shape index (κ3) is 4.74. The Hall–Kier alpha value is -3.28. The summed E-state index contributed by atoms with van der Waals surface area (Å²) in [4.78, 5) is 26.5. The number of nitrogens with zero attached hydrogens (tertiary/aromatic N) is 4. The van der Waals surface area contributed by atoms with Crippen molar-refractivity contribution in [2.75, 3.05) is 24.5 Å². The van der Waals surface area contributed by atoms with E-state index in [1.165, 1.54) is 12.5 Å². The summed E-state index contributed by atoms with van der Waals surface area (Å²) in [6.45, 7) is 4.68. The highest BCUT2D eigenvalue weighted by molar-refractivity contribution is 5.99. The molecule has 6 heteroatoms. The minimum atomic E-state index is -0.397. The van der Waals surface area contributed by atoms with Gasteiger partial charge in [-0.2, -0.15) is 0 Å². The van der Waals surface area contributed by atoms with Crippen LogP contribution in [0.3, 0.4) is 0 Å². The lowest BCUT2D eigenvalue weighted by atomic mass is 10.0. The van der Waals surface area contributed by atoms with Crippen LogP contribution in [0.2, 0.25) is 0 Å². The van der Waals surface area contributed by atoms with Gasteiger partial charge in [-0.25, -0.2) is 14.4 Å². The lowest BCUT2D eigenvalue weighted by Gasteiger charge is -2.28. The van der Waals surface area contributed by atoms with E-state index in [1.54, 1.807) is 29.3 Å². The van der Waals surface area contributed by atoms with Gasteiger partial charge in [-0.15, -0.1) is 0 Å². The van der Waals surface area contributed by atoms with E-state index < -0.39 is 5.82 Å². The van der Waals surface area contributed by atoms with Crippen LogP contribution in [-0.4, -0.2) is 40.4 Å². The van der Waals surface area contributed by atoms with Crippen LogP contribution in [0.15, 0.2) is 60.8 Å². The first-order valence-corrected chi connectivity index (χ1v) is 10.9. The van der Waals surface area contributed by atoms with Crippen molar-refractivity contribution in [3.8, 4) is 11.3 Å². The lowest BCUT2D eigenvalue weighted by Crippen LogP contribution is -2.33. The molecule has 3 aromatic rings. The molecule has 0 unspecified atom stereocenters. The molecule has 1 saturated heterocycles. The van der Waals surface area contributed by atoms with Crippen molar-refractivity contribution in [2.45, 2.75) is 32.7 Å². The van der Waals surface area contributed by atoms with Crippen molar-refractivity contribution in [2.24, 2.45) is 0 Å². The predicted molar refractivity (Wildman–Crippen MR) is 120 cm³/mol. The monoisotopic (exact) mass is 418 g/mol. The van der Waals surface area contributed by atoms with Gasteiger partial charge in [0.25, 0.3) is 5.91 Å². The molecule has 1 fully saturated rings. The maximum atomic E-state index is 14.7. The Balaban J connectivity index is 1.73. The summed E-state index contributed by atoms with van der Waals surface area (Å²) >= 11 is 0. The van der Waals surface area contributed by atoms with Crippen LogP contribution >= 0.6 is 0 Å². The van der Waals surface area contributed by atoms with E-state index >= 15 is 0 Å². The summed E-state index contributed by atoms with van der Waals surface area (Å²) in [5.41, 5.74) is 2.03. The Kier molecular flexibility index (Phi) is 6.55. The topological polar surface area (TPSA) is 49.3 Å². The minimum absolute atomic E-state index is 0.199. The summed E-state index contributed by atoms with van der Waals surface area (Å²) in [6, 6.07) is 16.3. The van der Waals surface area contributed by atoms with E-state index in [4.69, 9.17) is 4.98 Å². The molecule has 0 bridgehead atoms. The first kappa shape index (κ1) is 21.0. The number of rotatable bonds is 6. The molecule has 2 aromatic carbocycles. The van der Waals surface area contributed by atoms with E-state index in [0.717, 1.165) is 31.5 Å². The molecule has 0 saturated carbocycles. The van der Waals surface area contributed by atoms with Crippen LogP contribution in [0.5, 0.6) is 0 Å². The fourth-order valence-electron chi connectivity index (χ4n) is 3.94. The SMILES string of the molecule is CCN(Cc1ccccc1)C(=O)c1cnc(N2CCCCC2)nc1-c1ccccc1F. The molecule has 1 amide bonds. The van der Waals surface area contributed by atoms with Crippen molar-refractivity contribution in [1.29, 1.82) is 0 Å². The molecule has 0 spiro atoms. The molecule has 0 radical (unpaired) electrons. The quantitative estimate of drug-likeness (QED) is 0.569. The van der Waals surface area contributed by atoms with E-state index in [-0.39, 0.29) is 5.91 Å². The van der Waals surface area contributed by atoms with Gasteiger partial charge in [0.05, 0.1) is 11.3 Å². The molecule has 5 nitrogen and oxygen atoms in total. The van der Waals surface area contributed by atoms with Crippen LogP contribution in [0.25, 0.3) is 11.3 Å². The summed E-state index contributed by atoms with van der Waals surface area (Å²) in [5, 5.41) is 0. The molecule has 0 N–H and O–H groups in total. The standard InChI is InChI=1S/C25H27FN4O/c1-2-29(18-19-11-5-3-6-12-19)24(31)21-17-27-25(30-15-9-4-10-16-30)28-23(21)20-13-7-8-14-22(20)26/h3,5-8,11-14,17H,2,4,9-10,15-16,18H2,1H3. The van der Waals surface area contributed by atoms with E-state index in [1.807, 2.05) is 37.3 Å². The van der Waals surface area contributed by atoms with Crippen molar-refractivity contribution in [1.82, 2.24) is 14.9 Å². The number of piperidine rings is 1. The number of benzene rings is 2. The summed E-state index contributed by atoms with van der Waals surface area (Å²) in [6.07, 6.45) is 4.92. The van der Waals surface area contributed by atoms with Gasteiger partial charge < -0.3 is 9.80 Å². The first-order chi connectivity index (χ1) is 15.2. The molecular weight excluding hydrogens is 391 g/mol. The van der Waals surface area contributed by atoms with Crippen LogP contribution in [-0.2, 0) is 6.54 Å². The van der Waals surface area contributed by atoms with Crippen LogP contribution < -0.4 is 4.90 Å². The normalized spacial score (nSPS) is 13.8. The van der Waals surface area contributed by atoms with E-state index in [2.05, 4.69) is 9.88 Å². The van der Waals surface area contributed by atoms with Crippen LogP contribution in [0, 0.1) is 5.82 Å². The smallest absolute Gasteiger partial charge is 0.257 e. The second kappa shape index (κ2) is 9.69. The van der Waals surface area contributed by atoms with Crippen molar-refractivity contribution in [3.63, 3.8) is 0 Å². The van der Waals surface area contributed by atoms with Gasteiger partial charge in [-0.1, -0.05) is 42.5 Å². The van der Waals surface area contributed by atoms with Gasteiger partial charge >= 0.3 is 0 Å². The van der Waals surface area contributed by atoms with E-state index in [0.29, 0.717) is 35.9 Å². The van der Waals surface area contributed by atoms with Gasteiger partial charge in [0.2, 0.25) is 5.95 Å². The zero-order valence-corrected chi connectivity index (χ0v) is 17.8. The first-order valence-electron chi connectivity index (χ1n) is 10.9. The molecule has 31 heavy (non-hydrogen) atoms. The molecule has 1 aromatic heterocycles. The zero-order chi connectivity index (χ0) is 21.6. The Morgan fingerprint density at radius 2 is 1.74 bits per heavy atom. The highest BCUT2D eigenvalue weighted by Crippen LogP contribution is 2.28. The molecule has 2 heterocycles.